The van der Waals surface area contributed by atoms with Crippen molar-refractivity contribution in [2.24, 2.45) is 0 Å². The van der Waals surface area contributed by atoms with Crippen molar-refractivity contribution in [3.63, 3.8) is 0 Å². The highest BCUT2D eigenvalue weighted by Gasteiger charge is 2.26. The molecule has 2 aromatic carbocycles. The Kier molecular flexibility index (Phi) is 5.69. The van der Waals surface area contributed by atoms with E-state index in [0.29, 0.717) is 17.8 Å². The number of amides is 1. The molecule has 0 spiro atoms. The van der Waals surface area contributed by atoms with Crippen LogP contribution in [0.1, 0.15) is 11.1 Å². The average molecular weight is 402 g/mol. The van der Waals surface area contributed by atoms with Crippen molar-refractivity contribution in [2.75, 3.05) is 35.2 Å². The summed E-state index contributed by atoms with van der Waals surface area (Å²) in [6.07, 6.45) is 1.78. The third kappa shape index (κ3) is 4.33. The van der Waals surface area contributed by atoms with Gasteiger partial charge in [-0.1, -0.05) is 36.4 Å². The maximum Gasteiger partial charge on any atom is 0.327 e. The maximum absolute atomic E-state index is 12.4. The van der Waals surface area contributed by atoms with E-state index < -0.39 is 29.1 Å². The molecule has 7 nitrogen and oxygen atoms in total. The van der Waals surface area contributed by atoms with Gasteiger partial charge in [-0.3, -0.25) is 13.9 Å². The molecular weight excluding hydrogens is 380 g/mol. The fourth-order valence-corrected chi connectivity index (χ4v) is 4.11. The molecule has 3 rings (SSSR count). The quantitative estimate of drug-likeness (QED) is 0.689. The Bertz CT molecular complexity index is 1000. The second kappa shape index (κ2) is 8.02. The molecule has 0 fully saturated rings. The van der Waals surface area contributed by atoms with Crippen LogP contribution in [-0.4, -0.2) is 46.2 Å². The van der Waals surface area contributed by atoms with E-state index >= 15 is 0 Å². The molecule has 0 radical (unpaired) electrons. The minimum absolute atomic E-state index is 0.333. The van der Waals surface area contributed by atoms with E-state index in [2.05, 4.69) is 0 Å². The molecule has 1 aliphatic heterocycles. The first kappa shape index (κ1) is 19.9. The average Bonchev–Trinajstić information content (AvgIpc) is 3.08. The topological polar surface area (TPSA) is 84.0 Å². The van der Waals surface area contributed by atoms with E-state index in [0.717, 1.165) is 28.2 Å². The van der Waals surface area contributed by atoms with Crippen LogP contribution < -0.4 is 9.21 Å². The SMILES string of the molecule is Cc1ccccc1N(CC(=O)OCC(=O)N1CCc2ccccc21)S(C)(=O)=O. The fourth-order valence-electron chi connectivity index (χ4n) is 3.20. The van der Waals surface area contributed by atoms with Crippen molar-refractivity contribution in [2.45, 2.75) is 13.3 Å². The number of nitrogens with zero attached hydrogens (tertiary/aromatic N) is 2. The van der Waals surface area contributed by atoms with Crippen molar-refractivity contribution >= 4 is 33.3 Å². The number of rotatable bonds is 6. The van der Waals surface area contributed by atoms with Gasteiger partial charge >= 0.3 is 5.97 Å². The van der Waals surface area contributed by atoms with Crippen LogP contribution in [0.2, 0.25) is 0 Å². The molecule has 0 aliphatic carbocycles. The Balaban J connectivity index is 1.64. The zero-order valence-electron chi connectivity index (χ0n) is 15.8. The van der Waals surface area contributed by atoms with Gasteiger partial charge in [0.05, 0.1) is 11.9 Å². The first-order valence-electron chi connectivity index (χ1n) is 8.84. The minimum Gasteiger partial charge on any atom is -0.454 e. The third-order valence-corrected chi connectivity index (χ3v) is 5.73. The molecule has 1 amide bonds. The third-order valence-electron chi connectivity index (χ3n) is 4.60. The highest BCUT2D eigenvalue weighted by atomic mass is 32.2. The number of ether oxygens (including phenoxy) is 1. The molecule has 0 atom stereocenters. The summed E-state index contributed by atoms with van der Waals surface area (Å²) in [6.45, 7) is 1.37. The Morgan fingerprint density at radius 3 is 2.50 bits per heavy atom. The fraction of sp³-hybridized carbons (Fsp3) is 0.300. The number of benzene rings is 2. The van der Waals surface area contributed by atoms with Gasteiger partial charge in [-0.15, -0.1) is 0 Å². The predicted molar refractivity (Wildman–Crippen MR) is 107 cm³/mol. The van der Waals surface area contributed by atoms with E-state index in [1.807, 2.05) is 24.3 Å². The number of fused-ring (bicyclic) bond motifs is 1. The molecule has 0 aromatic heterocycles. The van der Waals surface area contributed by atoms with Crippen LogP contribution in [0, 0.1) is 6.92 Å². The van der Waals surface area contributed by atoms with Crippen molar-refractivity contribution in [3.8, 4) is 0 Å². The number of hydrogen-bond acceptors (Lipinski definition) is 5. The van der Waals surface area contributed by atoms with Crippen LogP contribution >= 0.6 is 0 Å². The number of hydrogen-bond donors (Lipinski definition) is 0. The van der Waals surface area contributed by atoms with Crippen molar-refractivity contribution in [3.05, 3.63) is 59.7 Å². The second-order valence-electron chi connectivity index (χ2n) is 6.64. The number of sulfonamides is 1. The molecule has 0 bridgehead atoms. The molecular formula is C20H22N2O5S. The van der Waals surface area contributed by atoms with Crippen LogP contribution in [0.3, 0.4) is 0 Å². The van der Waals surface area contributed by atoms with E-state index in [1.54, 1.807) is 36.1 Å². The van der Waals surface area contributed by atoms with Gasteiger partial charge in [0.15, 0.2) is 6.61 Å². The van der Waals surface area contributed by atoms with Crippen LogP contribution in [0.5, 0.6) is 0 Å². The second-order valence-corrected chi connectivity index (χ2v) is 8.55. The number of anilines is 2. The molecule has 8 heteroatoms. The molecule has 0 saturated carbocycles. The standard InChI is InChI=1S/C20H22N2O5S/c1-15-7-3-5-9-17(15)22(28(2,25)26)13-20(24)27-14-19(23)21-12-11-16-8-4-6-10-18(16)21/h3-10H,11-14H2,1-2H3. The molecule has 148 valence electrons. The highest BCUT2D eigenvalue weighted by Crippen LogP contribution is 2.27. The molecule has 0 unspecified atom stereocenters. The molecule has 2 aromatic rings. The lowest BCUT2D eigenvalue weighted by molar-refractivity contribution is -0.146. The number of para-hydroxylation sites is 2. The summed E-state index contributed by atoms with van der Waals surface area (Å²) in [6, 6.07) is 14.4. The predicted octanol–water partition coefficient (Wildman–Crippen LogP) is 1.89. The Morgan fingerprint density at radius 1 is 1.11 bits per heavy atom. The van der Waals surface area contributed by atoms with Crippen molar-refractivity contribution in [1.82, 2.24) is 0 Å². The first-order valence-corrected chi connectivity index (χ1v) is 10.7. The van der Waals surface area contributed by atoms with Gasteiger partial charge in [-0.25, -0.2) is 8.42 Å². The summed E-state index contributed by atoms with van der Waals surface area (Å²) < 4.78 is 30.4. The summed E-state index contributed by atoms with van der Waals surface area (Å²) in [5, 5.41) is 0. The monoisotopic (exact) mass is 402 g/mol. The van der Waals surface area contributed by atoms with Crippen LogP contribution in [0.25, 0.3) is 0 Å². The number of carbonyl (C=O) groups excluding carboxylic acids is 2. The summed E-state index contributed by atoms with van der Waals surface area (Å²) in [5.41, 5.74) is 3.01. The Hall–Kier alpha value is -2.87. The lowest BCUT2D eigenvalue weighted by Gasteiger charge is -2.23. The number of aryl methyl sites for hydroxylation is 1. The zero-order chi connectivity index (χ0) is 20.3. The lowest BCUT2D eigenvalue weighted by Crippen LogP contribution is -2.38. The van der Waals surface area contributed by atoms with E-state index in [9.17, 15) is 18.0 Å². The van der Waals surface area contributed by atoms with E-state index in [1.165, 1.54) is 0 Å². The summed E-state index contributed by atoms with van der Waals surface area (Å²) in [7, 11) is -3.69. The lowest BCUT2D eigenvalue weighted by atomic mass is 10.2. The van der Waals surface area contributed by atoms with Gasteiger partial charge in [-0.05, 0) is 36.6 Å². The van der Waals surface area contributed by atoms with Crippen LogP contribution in [-0.2, 0) is 30.8 Å². The van der Waals surface area contributed by atoms with Crippen LogP contribution in [0.4, 0.5) is 11.4 Å². The van der Waals surface area contributed by atoms with Crippen molar-refractivity contribution in [1.29, 1.82) is 0 Å². The summed E-state index contributed by atoms with van der Waals surface area (Å²) >= 11 is 0. The number of carbonyl (C=O) groups is 2. The normalized spacial score (nSPS) is 13.1. The molecule has 0 N–H and O–H groups in total. The van der Waals surface area contributed by atoms with Gasteiger partial charge in [0, 0.05) is 12.2 Å². The van der Waals surface area contributed by atoms with Crippen molar-refractivity contribution < 1.29 is 22.7 Å². The van der Waals surface area contributed by atoms with Crippen LogP contribution in [0.15, 0.2) is 48.5 Å². The Morgan fingerprint density at radius 2 is 1.79 bits per heavy atom. The smallest absolute Gasteiger partial charge is 0.327 e. The summed E-state index contributed by atoms with van der Waals surface area (Å²) in [5.74, 6) is -1.12. The maximum atomic E-state index is 12.4. The van der Waals surface area contributed by atoms with Gasteiger partial charge < -0.3 is 9.64 Å². The molecule has 1 aliphatic rings. The molecule has 28 heavy (non-hydrogen) atoms. The first-order chi connectivity index (χ1) is 13.3. The molecule has 0 saturated heterocycles. The highest BCUT2D eigenvalue weighted by molar-refractivity contribution is 7.92. The Labute approximate surface area is 164 Å². The van der Waals surface area contributed by atoms with Gasteiger partial charge in [-0.2, -0.15) is 0 Å². The minimum atomic E-state index is -3.69. The van der Waals surface area contributed by atoms with Gasteiger partial charge in [0.1, 0.15) is 6.54 Å². The largest absolute Gasteiger partial charge is 0.454 e. The molecule has 1 heterocycles. The summed E-state index contributed by atoms with van der Waals surface area (Å²) in [4.78, 5) is 26.3. The van der Waals surface area contributed by atoms with Gasteiger partial charge in [0.25, 0.3) is 5.91 Å². The van der Waals surface area contributed by atoms with E-state index in [4.69, 9.17) is 4.74 Å². The number of esters is 1. The zero-order valence-corrected chi connectivity index (χ0v) is 16.6. The van der Waals surface area contributed by atoms with E-state index in [-0.39, 0.29) is 5.91 Å². The van der Waals surface area contributed by atoms with Gasteiger partial charge in [0.2, 0.25) is 10.0 Å².